The smallest absolute Gasteiger partial charge is 0.264 e. The Hall–Kier alpha value is -2.84. The second-order valence-corrected chi connectivity index (χ2v) is 10.6. The summed E-state index contributed by atoms with van der Waals surface area (Å²) in [5.74, 6) is 1.54. The molecular formula is C26H30N2O4S2. The molecule has 2 aromatic heterocycles. The number of fused-ring (bicyclic) bond motifs is 1. The predicted octanol–water partition coefficient (Wildman–Crippen LogP) is 5.12. The molecule has 2 amide bonds. The predicted molar refractivity (Wildman–Crippen MR) is 136 cm³/mol. The molecule has 8 heteroatoms. The van der Waals surface area contributed by atoms with Gasteiger partial charge in [0.05, 0.1) is 18.0 Å². The van der Waals surface area contributed by atoms with Crippen LogP contribution in [0.4, 0.5) is 0 Å². The summed E-state index contributed by atoms with van der Waals surface area (Å²) >= 11 is 3.12. The van der Waals surface area contributed by atoms with Crippen molar-refractivity contribution in [3.63, 3.8) is 0 Å². The number of ether oxygens (including phenoxy) is 2. The van der Waals surface area contributed by atoms with Crippen LogP contribution in [-0.2, 0) is 11.2 Å². The third-order valence-electron chi connectivity index (χ3n) is 5.80. The molecule has 0 aliphatic carbocycles. The standard InChI is InChI=1S/C26H30N2O4S2/c1-18(2)15-27(26(30)24-8-5-12-33-24)16-25(29)28-11-9-23-21(10-13-34-23)22(28)17-32-20-7-4-6-19(14-20)31-3/h4-8,10,12-14,18,22H,9,11,15-17H2,1-3H3/t22-/m1/s1. The highest BCUT2D eigenvalue weighted by atomic mass is 32.1. The Balaban J connectivity index is 1.52. The molecule has 0 radical (unpaired) electrons. The van der Waals surface area contributed by atoms with Crippen molar-refractivity contribution in [1.82, 2.24) is 9.80 Å². The van der Waals surface area contributed by atoms with Crippen molar-refractivity contribution in [2.45, 2.75) is 26.3 Å². The zero-order valence-electron chi connectivity index (χ0n) is 19.7. The lowest BCUT2D eigenvalue weighted by molar-refractivity contribution is -0.135. The van der Waals surface area contributed by atoms with Gasteiger partial charge in [0.25, 0.3) is 5.91 Å². The average molecular weight is 499 g/mol. The van der Waals surface area contributed by atoms with E-state index in [1.54, 1.807) is 23.3 Å². The maximum Gasteiger partial charge on any atom is 0.264 e. The van der Waals surface area contributed by atoms with Crippen LogP contribution in [0.15, 0.2) is 53.2 Å². The van der Waals surface area contributed by atoms with E-state index in [1.807, 2.05) is 46.7 Å². The van der Waals surface area contributed by atoms with Crippen molar-refractivity contribution in [3.8, 4) is 11.5 Å². The number of thiophene rings is 2. The third kappa shape index (κ3) is 5.62. The van der Waals surface area contributed by atoms with Crippen LogP contribution >= 0.6 is 22.7 Å². The zero-order valence-corrected chi connectivity index (χ0v) is 21.4. The van der Waals surface area contributed by atoms with E-state index >= 15 is 0 Å². The maximum atomic E-state index is 13.6. The first-order valence-corrected chi connectivity index (χ1v) is 13.2. The normalized spacial score (nSPS) is 15.2. The third-order valence-corrected chi connectivity index (χ3v) is 7.65. The first-order chi connectivity index (χ1) is 16.5. The summed E-state index contributed by atoms with van der Waals surface area (Å²) in [4.78, 5) is 32.2. The Morgan fingerprint density at radius 1 is 1.12 bits per heavy atom. The zero-order chi connectivity index (χ0) is 24.1. The summed E-state index contributed by atoms with van der Waals surface area (Å²) < 4.78 is 11.4. The Kier molecular flexibility index (Phi) is 7.90. The van der Waals surface area contributed by atoms with Crippen molar-refractivity contribution >= 4 is 34.5 Å². The number of amides is 2. The largest absolute Gasteiger partial charge is 0.497 e. The first kappa shape index (κ1) is 24.3. The molecular weight excluding hydrogens is 468 g/mol. The van der Waals surface area contributed by atoms with Crippen LogP contribution in [0.2, 0.25) is 0 Å². The van der Waals surface area contributed by atoms with Gasteiger partial charge in [-0.05, 0) is 52.9 Å². The van der Waals surface area contributed by atoms with Gasteiger partial charge in [0.2, 0.25) is 5.91 Å². The van der Waals surface area contributed by atoms with Gasteiger partial charge in [0.1, 0.15) is 24.7 Å². The van der Waals surface area contributed by atoms with Crippen molar-refractivity contribution in [2.24, 2.45) is 5.92 Å². The maximum absolute atomic E-state index is 13.6. The highest BCUT2D eigenvalue weighted by Crippen LogP contribution is 2.34. The topological polar surface area (TPSA) is 59.1 Å². The average Bonchev–Trinajstić information content (AvgIpc) is 3.53. The minimum Gasteiger partial charge on any atom is -0.497 e. The van der Waals surface area contributed by atoms with Gasteiger partial charge in [-0.1, -0.05) is 26.0 Å². The Bertz CT molecular complexity index is 1110. The summed E-state index contributed by atoms with van der Waals surface area (Å²) in [6.45, 7) is 5.66. The fourth-order valence-electron chi connectivity index (χ4n) is 4.21. The van der Waals surface area contributed by atoms with Crippen molar-refractivity contribution in [3.05, 3.63) is 68.5 Å². The molecule has 0 spiro atoms. The van der Waals surface area contributed by atoms with E-state index < -0.39 is 0 Å². The second kappa shape index (κ2) is 11.1. The number of carbonyl (C=O) groups excluding carboxylic acids is 2. The van der Waals surface area contributed by atoms with Crippen LogP contribution in [0, 0.1) is 5.92 Å². The SMILES string of the molecule is COc1cccc(OC[C@@H]2c3ccsc3CCN2C(=O)CN(CC(C)C)C(=O)c2cccs2)c1. The Morgan fingerprint density at radius 3 is 2.68 bits per heavy atom. The van der Waals surface area contributed by atoms with Crippen LogP contribution in [0.1, 0.15) is 40.0 Å². The molecule has 0 fully saturated rings. The molecule has 0 saturated heterocycles. The number of benzene rings is 1. The van der Waals surface area contributed by atoms with E-state index in [0.717, 1.165) is 17.7 Å². The quantitative estimate of drug-likeness (QED) is 0.411. The van der Waals surface area contributed by atoms with Crippen LogP contribution in [0.5, 0.6) is 11.5 Å². The second-order valence-electron chi connectivity index (χ2n) is 8.70. The summed E-state index contributed by atoms with van der Waals surface area (Å²) in [5.41, 5.74) is 1.13. The van der Waals surface area contributed by atoms with E-state index in [9.17, 15) is 9.59 Å². The lowest BCUT2D eigenvalue weighted by Crippen LogP contribution is -2.48. The van der Waals surface area contributed by atoms with Crippen molar-refractivity contribution in [2.75, 3.05) is 33.4 Å². The number of rotatable bonds is 9. The van der Waals surface area contributed by atoms with Gasteiger partial charge in [-0.25, -0.2) is 0 Å². The molecule has 1 aromatic carbocycles. The summed E-state index contributed by atoms with van der Waals surface area (Å²) in [6, 6.07) is 13.0. The van der Waals surface area contributed by atoms with E-state index in [4.69, 9.17) is 9.47 Å². The van der Waals surface area contributed by atoms with Crippen LogP contribution in [0.3, 0.4) is 0 Å². The Labute approximate surface area is 208 Å². The van der Waals surface area contributed by atoms with Crippen LogP contribution in [-0.4, -0.2) is 55.0 Å². The summed E-state index contributed by atoms with van der Waals surface area (Å²) in [7, 11) is 1.62. The molecule has 0 N–H and O–H groups in total. The van der Waals surface area contributed by atoms with E-state index in [0.29, 0.717) is 30.3 Å². The number of hydrogen-bond donors (Lipinski definition) is 0. The molecule has 3 aromatic rings. The lowest BCUT2D eigenvalue weighted by atomic mass is 10.0. The molecule has 4 rings (SSSR count). The molecule has 0 unspecified atom stereocenters. The fourth-order valence-corrected chi connectivity index (χ4v) is 5.83. The van der Waals surface area contributed by atoms with Crippen molar-refractivity contribution < 1.29 is 19.1 Å². The van der Waals surface area contributed by atoms with Crippen LogP contribution < -0.4 is 9.47 Å². The van der Waals surface area contributed by atoms with Crippen molar-refractivity contribution in [1.29, 1.82) is 0 Å². The van der Waals surface area contributed by atoms with Gasteiger partial charge < -0.3 is 19.3 Å². The molecule has 0 saturated carbocycles. The number of hydrogen-bond acceptors (Lipinski definition) is 6. The number of nitrogens with zero attached hydrogens (tertiary/aromatic N) is 2. The van der Waals surface area contributed by atoms with Gasteiger partial charge in [-0.3, -0.25) is 9.59 Å². The molecule has 6 nitrogen and oxygen atoms in total. The van der Waals surface area contributed by atoms with E-state index in [-0.39, 0.29) is 30.3 Å². The van der Waals surface area contributed by atoms with Gasteiger partial charge in [-0.2, -0.15) is 0 Å². The number of carbonyl (C=O) groups is 2. The fraction of sp³-hybridized carbons (Fsp3) is 0.385. The molecule has 0 bridgehead atoms. The summed E-state index contributed by atoms with van der Waals surface area (Å²) in [6.07, 6.45) is 0.817. The van der Waals surface area contributed by atoms with E-state index in [2.05, 4.69) is 25.3 Å². The summed E-state index contributed by atoms with van der Waals surface area (Å²) in [5, 5.41) is 3.96. The highest BCUT2D eigenvalue weighted by Gasteiger charge is 2.34. The Morgan fingerprint density at radius 2 is 1.94 bits per heavy atom. The minimum atomic E-state index is -0.202. The van der Waals surface area contributed by atoms with Gasteiger partial charge in [0, 0.05) is 24.0 Å². The van der Waals surface area contributed by atoms with E-state index in [1.165, 1.54) is 16.2 Å². The highest BCUT2D eigenvalue weighted by molar-refractivity contribution is 7.12. The monoisotopic (exact) mass is 498 g/mol. The van der Waals surface area contributed by atoms with Crippen LogP contribution in [0.25, 0.3) is 0 Å². The lowest BCUT2D eigenvalue weighted by Gasteiger charge is -2.37. The minimum absolute atomic E-state index is 0.0540. The molecule has 1 aliphatic rings. The molecule has 34 heavy (non-hydrogen) atoms. The molecule has 3 heterocycles. The van der Waals surface area contributed by atoms with Gasteiger partial charge in [-0.15, -0.1) is 22.7 Å². The molecule has 1 aliphatic heterocycles. The van der Waals surface area contributed by atoms with Gasteiger partial charge in [0.15, 0.2) is 0 Å². The number of methoxy groups -OCH3 is 1. The molecule has 1 atom stereocenters. The van der Waals surface area contributed by atoms with Gasteiger partial charge >= 0.3 is 0 Å². The first-order valence-electron chi connectivity index (χ1n) is 11.4. The molecule has 180 valence electrons.